The summed E-state index contributed by atoms with van der Waals surface area (Å²) >= 11 is 6.03. The van der Waals surface area contributed by atoms with Crippen molar-refractivity contribution in [2.45, 2.75) is 24.7 Å². The van der Waals surface area contributed by atoms with Crippen molar-refractivity contribution in [2.24, 2.45) is 0 Å². The van der Waals surface area contributed by atoms with Gasteiger partial charge in [-0.2, -0.15) is 4.31 Å². The van der Waals surface area contributed by atoms with Gasteiger partial charge in [0.2, 0.25) is 10.0 Å². The van der Waals surface area contributed by atoms with Gasteiger partial charge in [-0.1, -0.05) is 23.7 Å². The molecule has 0 amide bonds. The fraction of sp³-hybridized carbons (Fsp3) is 0.333. The number of aromatic nitrogens is 2. The summed E-state index contributed by atoms with van der Waals surface area (Å²) in [6.45, 7) is 2.22. The molecule has 1 aromatic heterocycles. The zero-order valence-corrected chi connectivity index (χ0v) is 14.1. The van der Waals surface area contributed by atoms with Crippen LogP contribution in [0.1, 0.15) is 17.1 Å². The summed E-state index contributed by atoms with van der Waals surface area (Å²) in [7, 11) is -3.70. The van der Waals surface area contributed by atoms with Crippen LogP contribution in [0.4, 0.5) is 0 Å². The third kappa shape index (κ3) is 3.04. The molecule has 0 fully saturated rings. The minimum Gasteiger partial charge on any atom is -0.311 e. The molecule has 1 N–H and O–H groups in total. The number of hydrogen-bond acceptors (Lipinski definition) is 4. The molecule has 2 heterocycles. The summed E-state index contributed by atoms with van der Waals surface area (Å²) in [5, 5.41) is 0.195. The van der Waals surface area contributed by atoms with Crippen molar-refractivity contribution < 1.29 is 8.42 Å². The van der Waals surface area contributed by atoms with Gasteiger partial charge in [0.25, 0.3) is 5.56 Å². The summed E-state index contributed by atoms with van der Waals surface area (Å²) in [6.07, 6.45) is 0.741. The minimum atomic E-state index is -3.70. The zero-order valence-electron chi connectivity index (χ0n) is 12.5. The predicted octanol–water partition coefficient (Wildman–Crippen LogP) is 1.52. The van der Waals surface area contributed by atoms with Crippen LogP contribution in [0.25, 0.3) is 0 Å². The Hall–Kier alpha value is -1.70. The molecular formula is C15H16ClN3O3S. The van der Waals surface area contributed by atoms with Gasteiger partial charge in [0, 0.05) is 25.1 Å². The van der Waals surface area contributed by atoms with Gasteiger partial charge in [-0.25, -0.2) is 13.4 Å². The number of nitrogens with zero attached hydrogens (tertiary/aromatic N) is 2. The molecule has 0 radical (unpaired) electrons. The first-order valence-corrected chi connectivity index (χ1v) is 9.05. The van der Waals surface area contributed by atoms with E-state index in [1.165, 1.54) is 10.4 Å². The SMILES string of the molecule is Cc1nc2c(c(=O)[nH]1)CCN(S(=O)(=O)c1ccccc1Cl)CC2. The van der Waals surface area contributed by atoms with Crippen molar-refractivity contribution in [3.8, 4) is 0 Å². The number of halogens is 1. The Bertz CT molecular complexity index is 908. The molecule has 0 saturated carbocycles. The third-order valence-corrected chi connectivity index (χ3v) is 6.28. The molecule has 3 rings (SSSR count). The maximum Gasteiger partial charge on any atom is 0.254 e. The summed E-state index contributed by atoms with van der Waals surface area (Å²) in [6, 6.07) is 6.37. The van der Waals surface area contributed by atoms with Crippen LogP contribution in [0.2, 0.25) is 5.02 Å². The van der Waals surface area contributed by atoms with Crippen LogP contribution in [-0.2, 0) is 22.9 Å². The quantitative estimate of drug-likeness (QED) is 0.887. The predicted molar refractivity (Wildman–Crippen MR) is 87.2 cm³/mol. The first kappa shape index (κ1) is 16.2. The van der Waals surface area contributed by atoms with E-state index >= 15 is 0 Å². The molecule has 8 heteroatoms. The minimum absolute atomic E-state index is 0.0886. The molecule has 0 saturated heterocycles. The number of benzene rings is 1. The number of sulfonamides is 1. The second-order valence-electron chi connectivity index (χ2n) is 5.41. The van der Waals surface area contributed by atoms with Crippen LogP contribution in [0.15, 0.2) is 34.0 Å². The molecule has 1 aliphatic rings. The topological polar surface area (TPSA) is 83.1 Å². The highest BCUT2D eigenvalue weighted by atomic mass is 35.5. The lowest BCUT2D eigenvalue weighted by Gasteiger charge is -2.20. The highest BCUT2D eigenvalue weighted by Gasteiger charge is 2.29. The van der Waals surface area contributed by atoms with Crippen LogP contribution in [0.3, 0.4) is 0 Å². The van der Waals surface area contributed by atoms with Gasteiger partial charge in [-0.15, -0.1) is 0 Å². The molecule has 0 spiro atoms. The molecule has 0 unspecified atom stereocenters. The average molecular weight is 354 g/mol. The average Bonchev–Trinajstić information content (AvgIpc) is 2.70. The lowest BCUT2D eigenvalue weighted by molar-refractivity contribution is 0.426. The molecule has 6 nitrogen and oxygen atoms in total. The maximum atomic E-state index is 12.8. The van der Waals surface area contributed by atoms with Crippen molar-refractivity contribution in [2.75, 3.05) is 13.1 Å². The van der Waals surface area contributed by atoms with Crippen LogP contribution >= 0.6 is 11.6 Å². The summed E-state index contributed by atoms with van der Waals surface area (Å²) in [5.74, 6) is 0.538. The number of aromatic amines is 1. The Labute approximate surface area is 139 Å². The molecule has 122 valence electrons. The second-order valence-corrected chi connectivity index (χ2v) is 7.72. The summed E-state index contributed by atoms with van der Waals surface area (Å²) < 4.78 is 27.0. The van der Waals surface area contributed by atoms with Gasteiger partial charge < -0.3 is 4.98 Å². The Morgan fingerprint density at radius 2 is 1.91 bits per heavy atom. The van der Waals surface area contributed by atoms with Gasteiger partial charge in [0.15, 0.2) is 0 Å². The largest absolute Gasteiger partial charge is 0.311 e. The Morgan fingerprint density at radius 3 is 2.65 bits per heavy atom. The monoisotopic (exact) mass is 353 g/mol. The van der Waals surface area contributed by atoms with Crippen LogP contribution in [0.5, 0.6) is 0 Å². The Kier molecular flexibility index (Phi) is 4.27. The number of nitrogens with one attached hydrogen (secondary N) is 1. The highest BCUT2D eigenvalue weighted by Crippen LogP contribution is 2.25. The van der Waals surface area contributed by atoms with E-state index in [9.17, 15) is 13.2 Å². The third-order valence-electron chi connectivity index (χ3n) is 3.88. The van der Waals surface area contributed by atoms with E-state index in [1.807, 2.05) is 0 Å². The molecule has 1 aromatic carbocycles. The van der Waals surface area contributed by atoms with E-state index in [4.69, 9.17) is 11.6 Å². The van der Waals surface area contributed by atoms with Gasteiger partial charge in [0.05, 0.1) is 10.7 Å². The fourth-order valence-electron chi connectivity index (χ4n) is 2.75. The van der Waals surface area contributed by atoms with E-state index in [1.54, 1.807) is 25.1 Å². The smallest absolute Gasteiger partial charge is 0.254 e. The lowest BCUT2D eigenvalue weighted by atomic mass is 10.1. The van der Waals surface area contributed by atoms with E-state index < -0.39 is 10.0 Å². The molecular weight excluding hydrogens is 338 g/mol. The molecule has 0 bridgehead atoms. The number of H-pyrrole nitrogens is 1. The normalized spacial score (nSPS) is 15.9. The molecule has 0 atom stereocenters. The maximum absolute atomic E-state index is 12.8. The highest BCUT2D eigenvalue weighted by molar-refractivity contribution is 7.89. The van der Waals surface area contributed by atoms with Crippen LogP contribution in [-0.4, -0.2) is 35.8 Å². The zero-order chi connectivity index (χ0) is 16.6. The number of hydrogen-bond donors (Lipinski definition) is 1. The van der Waals surface area contributed by atoms with E-state index in [0.29, 0.717) is 29.9 Å². The first-order chi connectivity index (χ1) is 10.9. The lowest BCUT2D eigenvalue weighted by Crippen LogP contribution is -2.33. The van der Waals surface area contributed by atoms with Crippen molar-refractivity contribution in [1.82, 2.24) is 14.3 Å². The number of rotatable bonds is 2. The number of aryl methyl sites for hydroxylation is 1. The molecule has 0 aliphatic carbocycles. The van der Waals surface area contributed by atoms with Gasteiger partial charge in [-0.3, -0.25) is 4.79 Å². The fourth-order valence-corrected chi connectivity index (χ4v) is 4.68. The van der Waals surface area contributed by atoms with Crippen molar-refractivity contribution in [1.29, 1.82) is 0 Å². The summed E-state index contributed by atoms with van der Waals surface area (Å²) in [5.41, 5.74) is 1.04. The first-order valence-electron chi connectivity index (χ1n) is 7.23. The van der Waals surface area contributed by atoms with Crippen molar-refractivity contribution in [3.05, 3.63) is 56.7 Å². The second kappa shape index (κ2) is 6.07. The molecule has 23 heavy (non-hydrogen) atoms. The van der Waals surface area contributed by atoms with Gasteiger partial charge in [-0.05, 0) is 25.5 Å². The standard InChI is InChI=1S/C15H16ClN3O3S/c1-10-17-13-7-9-19(8-6-11(13)15(20)18-10)23(21,22)14-5-3-2-4-12(14)16/h2-5H,6-9H2,1H3,(H,17,18,20). The van der Waals surface area contributed by atoms with E-state index in [2.05, 4.69) is 9.97 Å². The van der Waals surface area contributed by atoms with E-state index in [-0.39, 0.29) is 28.6 Å². The summed E-state index contributed by atoms with van der Waals surface area (Å²) in [4.78, 5) is 19.1. The van der Waals surface area contributed by atoms with E-state index in [0.717, 1.165) is 0 Å². The molecule has 1 aliphatic heterocycles. The van der Waals surface area contributed by atoms with Gasteiger partial charge in [0.1, 0.15) is 10.7 Å². The van der Waals surface area contributed by atoms with Crippen LogP contribution < -0.4 is 5.56 Å². The van der Waals surface area contributed by atoms with Crippen molar-refractivity contribution >= 4 is 21.6 Å². The Balaban J connectivity index is 1.95. The van der Waals surface area contributed by atoms with Crippen molar-refractivity contribution in [3.63, 3.8) is 0 Å². The van der Waals surface area contributed by atoms with Crippen LogP contribution in [0, 0.1) is 6.92 Å². The molecule has 2 aromatic rings. The Morgan fingerprint density at radius 1 is 1.22 bits per heavy atom. The number of fused-ring (bicyclic) bond motifs is 1. The van der Waals surface area contributed by atoms with Gasteiger partial charge >= 0.3 is 0 Å².